The number of aromatic nitrogens is 2. The summed E-state index contributed by atoms with van der Waals surface area (Å²) in [5.41, 5.74) is -1.96. The predicted molar refractivity (Wildman–Crippen MR) is 59.8 cm³/mol. The molecule has 0 fully saturated rings. The Balaban J connectivity index is 0.00000242. The average Bonchev–Trinajstić information content (AvgIpc) is 2.70. The van der Waals surface area contributed by atoms with Crippen molar-refractivity contribution in [3.8, 4) is 11.6 Å². The fourth-order valence-corrected chi connectivity index (χ4v) is 1.86. The molecule has 1 aromatic heterocycles. The number of Topliss-reactive ketones (excluding diaryl/α,β-unsaturated/α-hetero) is 1. The van der Waals surface area contributed by atoms with Gasteiger partial charge in [0.05, 0.1) is 5.69 Å². The van der Waals surface area contributed by atoms with Crippen molar-refractivity contribution < 1.29 is 51.3 Å². The van der Waals surface area contributed by atoms with Crippen molar-refractivity contribution in [1.29, 1.82) is 0 Å². The van der Waals surface area contributed by atoms with Crippen LogP contribution in [0.15, 0.2) is 0 Å². The van der Waals surface area contributed by atoms with Gasteiger partial charge in [0.1, 0.15) is 11.3 Å². The third-order valence-corrected chi connectivity index (χ3v) is 2.79. The maximum absolute atomic E-state index is 13.6. The standard InChI is InChI=1S/C12H7F5N2O2.Zn/c1-3-5(4(2)20)12(21)19(18-3)11-9(16)7(14)6(13)8(15)10(11)17;/h21H,1-2H3;. The zero-order chi connectivity index (χ0) is 16.1. The molecule has 114 valence electrons. The molecule has 1 heterocycles. The van der Waals surface area contributed by atoms with Gasteiger partial charge in [-0.25, -0.2) is 22.0 Å². The molecule has 0 saturated heterocycles. The van der Waals surface area contributed by atoms with Crippen LogP contribution in [-0.4, -0.2) is 20.7 Å². The van der Waals surface area contributed by atoms with Gasteiger partial charge in [0.2, 0.25) is 11.7 Å². The molecular weight excluding hydrogens is 365 g/mol. The quantitative estimate of drug-likeness (QED) is 0.290. The van der Waals surface area contributed by atoms with Crippen molar-refractivity contribution in [1.82, 2.24) is 9.78 Å². The molecule has 1 aromatic carbocycles. The first-order valence-electron chi connectivity index (χ1n) is 5.49. The summed E-state index contributed by atoms with van der Waals surface area (Å²) >= 11 is 0. The Hall–Kier alpha value is -1.83. The number of hydrogen-bond acceptors (Lipinski definition) is 3. The Kier molecular flexibility index (Phi) is 5.07. The molecule has 4 nitrogen and oxygen atoms in total. The zero-order valence-corrected chi connectivity index (χ0v) is 14.3. The minimum absolute atomic E-state index is 0. The minimum Gasteiger partial charge on any atom is -0.493 e. The number of rotatable bonds is 2. The van der Waals surface area contributed by atoms with Crippen LogP contribution in [0, 0.1) is 36.0 Å². The Labute approximate surface area is 133 Å². The molecule has 2 rings (SSSR count). The van der Waals surface area contributed by atoms with Crippen LogP contribution in [0.4, 0.5) is 22.0 Å². The summed E-state index contributed by atoms with van der Waals surface area (Å²) in [4.78, 5) is 11.3. The zero-order valence-electron chi connectivity index (χ0n) is 11.3. The van der Waals surface area contributed by atoms with Crippen molar-refractivity contribution in [3.05, 3.63) is 40.3 Å². The van der Waals surface area contributed by atoms with E-state index in [4.69, 9.17) is 0 Å². The van der Waals surface area contributed by atoms with Crippen molar-refractivity contribution in [2.75, 3.05) is 0 Å². The number of carbonyl (C=O) groups is 1. The van der Waals surface area contributed by atoms with Gasteiger partial charge in [0.15, 0.2) is 29.1 Å². The van der Waals surface area contributed by atoms with Crippen LogP contribution in [0.5, 0.6) is 5.88 Å². The number of halogens is 5. The monoisotopic (exact) mass is 370 g/mol. The molecule has 22 heavy (non-hydrogen) atoms. The summed E-state index contributed by atoms with van der Waals surface area (Å²) < 4.78 is 66.6. The molecule has 1 N–H and O–H groups in total. The minimum atomic E-state index is -2.33. The van der Waals surface area contributed by atoms with E-state index in [1.165, 1.54) is 6.92 Å². The van der Waals surface area contributed by atoms with Crippen LogP contribution < -0.4 is 0 Å². The van der Waals surface area contributed by atoms with Gasteiger partial charge in [-0.2, -0.15) is 9.78 Å². The summed E-state index contributed by atoms with van der Waals surface area (Å²) in [5, 5.41) is 13.2. The van der Waals surface area contributed by atoms with Crippen molar-refractivity contribution >= 4 is 5.78 Å². The van der Waals surface area contributed by atoms with Gasteiger partial charge < -0.3 is 5.11 Å². The summed E-state index contributed by atoms with van der Waals surface area (Å²) in [7, 11) is 0. The van der Waals surface area contributed by atoms with E-state index >= 15 is 0 Å². The van der Waals surface area contributed by atoms with E-state index in [9.17, 15) is 31.9 Å². The second-order valence-corrected chi connectivity index (χ2v) is 4.17. The fourth-order valence-electron chi connectivity index (χ4n) is 1.86. The number of aryl methyl sites for hydroxylation is 1. The molecule has 0 aliphatic carbocycles. The van der Waals surface area contributed by atoms with E-state index in [1.54, 1.807) is 0 Å². The first-order valence-corrected chi connectivity index (χ1v) is 5.49. The summed E-state index contributed by atoms with van der Waals surface area (Å²) in [6.45, 7) is 2.28. The second-order valence-electron chi connectivity index (χ2n) is 4.17. The molecule has 0 atom stereocenters. The third kappa shape index (κ3) is 2.51. The molecule has 10 heteroatoms. The molecule has 0 aliphatic heterocycles. The van der Waals surface area contributed by atoms with Crippen molar-refractivity contribution in [2.45, 2.75) is 13.8 Å². The van der Waals surface area contributed by atoms with Gasteiger partial charge >= 0.3 is 0 Å². The Morgan fingerprint density at radius 1 is 1.00 bits per heavy atom. The van der Waals surface area contributed by atoms with Crippen molar-refractivity contribution in [3.63, 3.8) is 0 Å². The first-order chi connectivity index (χ1) is 9.68. The van der Waals surface area contributed by atoms with Crippen LogP contribution in [0.1, 0.15) is 23.0 Å². The average molecular weight is 372 g/mol. The van der Waals surface area contributed by atoms with Crippen molar-refractivity contribution in [2.24, 2.45) is 0 Å². The van der Waals surface area contributed by atoms with E-state index in [1.807, 2.05) is 0 Å². The van der Waals surface area contributed by atoms with Crippen LogP contribution in [-0.2, 0) is 19.5 Å². The van der Waals surface area contributed by atoms with E-state index in [0.717, 1.165) is 6.92 Å². The SMILES string of the molecule is CC(=O)c1c(C)nn(-c2c(F)c(F)c(F)c(F)c2F)c1O.[Zn]. The maximum Gasteiger partial charge on any atom is 0.225 e. The molecule has 0 aliphatic rings. The normalized spacial score (nSPS) is 10.5. The molecule has 0 bridgehead atoms. The molecule has 2 aromatic rings. The molecule has 0 amide bonds. The van der Waals surface area contributed by atoms with Crippen LogP contribution in [0.2, 0.25) is 0 Å². The summed E-state index contributed by atoms with van der Waals surface area (Å²) in [6, 6.07) is 0. The molecular formula is C12H7F5N2O2Zn. The first kappa shape index (κ1) is 18.2. The largest absolute Gasteiger partial charge is 0.493 e. The second kappa shape index (κ2) is 6.12. The summed E-state index contributed by atoms with van der Waals surface area (Å²) in [5.74, 6) is -12.7. The van der Waals surface area contributed by atoms with Gasteiger partial charge in [-0.3, -0.25) is 4.79 Å². The van der Waals surface area contributed by atoms with E-state index < -0.39 is 46.4 Å². The van der Waals surface area contributed by atoms with Gasteiger partial charge in [-0.1, -0.05) is 0 Å². The van der Waals surface area contributed by atoms with Crippen LogP contribution >= 0.6 is 0 Å². The number of ketones is 1. The third-order valence-electron chi connectivity index (χ3n) is 2.79. The molecule has 0 radical (unpaired) electrons. The van der Waals surface area contributed by atoms with Crippen LogP contribution in [0.25, 0.3) is 5.69 Å². The smallest absolute Gasteiger partial charge is 0.225 e. The van der Waals surface area contributed by atoms with Gasteiger partial charge in [0, 0.05) is 19.5 Å². The predicted octanol–water partition coefficient (Wildman–Crippen LogP) is 2.78. The number of benzene rings is 1. The Morgan fingerprint density at radius 3 is 1.77 bits per heavy atom. The maximum atomic E-state index is 13.6. The van der Waals surface area contributed by atoms with Gasteiger partial charge in [-0.05, 0) is 13.8 Å². The number of aromatic hydroxyl groups is 1. The van der Waals surface area contributed by atoms with E-state index in [0.29, 0.717) is 0 Å². The van der Waals surface area contributed by atoms with E-state index in [-0.39, 0.29) is 35.4 Å². The molecule has 0 unspecified atom stereocenters. The molecule has 0 spiro atoms. The number of nitrogens with zero attached hydrogens (tertiary/aromatic N) is 2. The van der Waals surface area contributed by atoms with Gasteiger partial charge in [0.25, 0.3) is 0 Å². The molecule has 0 saturated carbocycles. The Bertz CT molecular complexity index is 747. The Morgan fingerprint density at radius 2 is 1.41 bits per heavy atom. The number of hydrogen-bond donors (Lipinski definition) is 1. The van der Waals surface area contributed by atoms with Gasteiger partial charge in [-0.15, -0.1) is 0 Å². The fraction of sp³-hybridized carbons (Fsp3) is 0.167. The number of carbonyl (C=O) groups excluding carboxylic acids is 1. The van der Waals surface area contributed by atoms with E-state index in [2.05, 4.69) is 5.10 Å². The summed E-state index contributed by atoms with van der Waals surface area (Å²) in [6.07, 6.45) is 0. The van der Waals surface area contributed by atoms with Crippen LogP contribution in [0.3, 0.4) is 0 Å². The topological polar surface area (TPSA) is 55.1 Å².